The number of likely N-dealkylation sites (tertiary alicyclic amines) is 1. The summed E-state index contributed by atoms with van der Waals surface area (Å²) >= 11 is 3.18. The minimum Gasteiger partial charge on any atom is -0.424 e. The van der Waals surface area contributed by atoms with Crippen LogP contribution in [0.5, 0.6) is 11.8 Å². The fourth-order valence-corrected chi connectivity index (χ4v) is 4.59. The van der Waals surface area contributed by atoms with Crippen molar-refractivity contribution in [2.24, 2.45) is 0 Å². The van der Waals surface area contributed by atoms with E-state index >= 15 is 0 Å². The molecule has 200 valence electrons. The van der Waals surface area contributed by atoms with Crippen molar-refractivity contribution in [3.63, 3.8) is 0 Å². The van der Waals surface area contributed by atoms with E-state index in [0.29, 0.717) is 21.3 Å². The first-order valence-corrected chi connectivity index (χ1v) is 12.7. The van der Waals surface area contributed by atoms with Crippen LogP contribution in [0.4, 0.5) is 10.2 Å². The number of amides is 2. The van der Waals surface area contributed by atoms with Gasteiger partial charge in [-0.05, 0) is 46.6 Å². The number of nitrogens with one attached hydrogen (secondary N) is 1. The Kier molecular flexibility index (Phi) is 7.28. The summed E-state index contributed by atoms with van der Waals surface area (Å²) in [5.41, 5.74) is 1.51. The fraction of sp³-hybridized carbons (Fsp3) is 0.280. The molecule has 1 N–H and O–H groups in total. The number of aryl methyl sites for hydroxylation is 1. The van der Waals surface area contributed by atoms with Gasteiger partial charge in [0.1, 0.15) is 34.8 Å². The number of carbonyl (C=O) groups is 3. The van der Waals surface area contributed by atoms with Crippen molar-refractivity contribution >= 4 is 50.2 Å². The normalized spacial score (nSPS) is 16.9. The Bertz CT molecular complexity index is 1580. The third kappa shape index (κ3) is 5.74. The third-order valence-corrected chi connectivity index (χ3v) is 6.42. The summed E-state index contributed by atoms with van der Waals surface area (Å²) in [6.07, 6.45) is 4.51. The number of hydrogen-bond acceptors (Lipinski definition) is 9. The molecule has 14 heteroatoms. The molecule has 5 rings (SSSR count). The summed E-state index contributed by atoms with van der Waals surface area (Å²) in [6, 6.07) is 4.01. The predicted octanol–water partition coefficient (Wildman–Crippen LogP) is 3.26. The molecule has 1 aliphatic rings. The lowest BCUT2D eigenvalue weighted by molar-refractivity contribution is -0.137. The molecular formula is C25H22BrFN8O4. The molecule has 1 aromatic carbocycles. The molecule has 0 spiro atoms. The molecule has 2 amide bonds. The second-order valence-corrected chi connectivity index (χ2v) is 9.81. The number of carbonyl (C=O) groups excluding carboxylic acids is 3. The van der Waals surface area contributed by atoms with Crippen LogP contribution < -0.4 is 10.1 Å². The molecule has 0 saturated carbocycles. The van der Waals surface area contributed by atoms with Crippen molar-refractivity contribution in [3.05, 3.63) is 58.8 Å². The van der Waals surface area contributed by atoms with Crippen LogP contribution in [-0.2, 0) is 16.1 Å². The number of ether oxygens (including phenoxy) is 1. The molecule has 0 radical (unpaired) electrons. The third-order valence-electron chi connectivity index (χ3n) is 6.04. The number of ketones is 1. The SMILES string of the molecule is CC(=O)c1nn(CC(=O)N2C[C@H](F)C[C@H]2C(=O)Nc2cncc(Br)n2)c2ccc(Oc3ncc(C)cn3)cc12. The minimum atomic E-state index is -1.37. The average molecular weight is 597 g/mol. The largest absolute Gasteiger partial charge is 0.424 e. The molecule has 3 aromatic heterocycles. The Morgan fingerprint density at radius 1 is 1.18 bits per heavy atom. The van der Waals surface area contributed by atoms with Gasteiger partial charge in [0.05, 0.1) is 24.5 Å². The van der Waals surface area contributed by atoms with Crippen molar-refractivity contribution in [1.82, 2.24) is 34.6 Å². The first-order chi connectivity index (χ1) is 18.7. The van der Waals surface area contributed by atoms with E-state index in [4.69, 9.17) is 4.74 Å². The molecule has 0 aliphatic carbocycles. The van der Waals surface area contributed by atoms with Gasteiger partial charge in [-0.2, -0.15) is 5.10 Å². The van der Waals surface area contributed by atoms with Crippen LogP contribution in [0.15, 0.2) is 47.6 Å². The number of halogens is 2. The monoisotopic (exact) mass is 596 g/mol. The predicted molar refractivity (Wildman–Crippen MR) is 140 cm³/mol. The Morgan fingerprint density at radius 3 is 2.67 bits per heavy atom. The summed E-state index contributed by atoms with van der Waals surface area (Å²) in [4.78, 5) is 56.0. The van der Waals surface area contributed by atoms with Gasteiger partial charge in [-0.1, -0.05) is 0 Å². The molecule has 39 heavy (non-hydrogen) atoms. The number of fused-ring (bicyclic) bond motifs is 1. The zero-order valence-electron chi connectivity index (χ0n) is 20.8. The van der Waals surface area contributed by atoms with Crippen LogP contribution in [0.25, 0.3) is 10.9 Å². The summed E-state index contributed by atoms with van der Waals surface area (Å²) in [7, 11) is 0. The number of nitrogens with zero attached hydrogens (tertiary/aromatic N) is 7. The van der Waals surface area contributed by atoms with E-state index in [-0.39, 0.29) is 42.8 Å². The quantitative estimate of drug-likeness (QED) is 0.318. The van der Waals surface area contributed by atoms with Crippen LogP contribution in [0, 0.1) is 6.92 Å². The summed E-state index contributed by atoms with van der Waals surface area (Å²) in [5.74, 6) is -0.865. The van der Waals surface area contributed by atoms with E-state index in [1.165, 1.54) is 28.9 Å². The van der Waals surface area contributed by atoms with Gasteiger partial charge in [0.2, 0.25) is 11.8 Å². The highest BCUT2D eigenvalue weighted by molar-refractivity contribution is 9.10. The molecule has 1 aliphatic heterocycles. The van der Waals surface area contributed by atoms with Crippen LogP contribution in [0.3, 0.4) is 0 Å². The molecule has 0 unspecified atom stereocenters. The standard InChI is InChI=1S/C25H22BrFN8O4/c1-13-7-29-25(30-8-13)39-16-3-4-18-17(6-16)23(14(2)36)33-35(18)12-22(37)34-11-15(27)5-19(34)24(38)32-21-10-28-9-20(26)31-21/h3-4,6-10,15,19H,5,11-12H2,1-2H3,(H,31,32,38)/t15-,19+/m1/s1. The second kappa shape index (κ2) is 10.8. The summed E-state index contributed by atoms with van der Waals surface area (Å²) in [5, 5.41) is 7.38. The lowest BCUT2D eigenvalue weighted by Gasteiger charge is -2.23. The Balaban J connectivity index is 1.37. The minimum absolute atomic E-state index is 0.139. The first kappa shape index (κ1) is 26.3. The van der Waals surface area contributed by atoms with Crippen molar-refractivity contribution in [3.8, 4) is 11.8 Å². The maximum absolute atomic E-state index is 14.4. The van der Waals surface area contributed by atoms with Crippen LogP contribution in [-0.4, -0.2) is 71.0 Å². The number of aromatic nitrogens is 6. The zero-order chi connectivity index (χ0) is 27.7. The lowest BCUT2D eigenvalue weighted by atomic mass is 10.1. The first-order valence-electron chi connectivity index (χ1n) is 11.9. The highest BCUT2D eigenvalue weighted by atomic mass is 79.9. The zero-order valence-corrected chi connectivity index (χ0v) is 22.4. The highest BCUT2D eigenvalue weighted by Gasteiger charge is 2.40. The molecule has 12 nitrogen and oxygen atoms in total. The number of benzene rings is 1. The second-order valence-electron chi connectivity index (χ2n) is 9.00. The average Bonchev–Trinajstić information content (AvgIpc) is 3.46. The van der Waals surface area contributed by atoms with E-state index < -0.39 is 24.0 Å². The van der Waals surface area contributed by atoms with Crippen molar-refractivity contribution in [2.75, 3.05) is 11.9 Å². The van der Waals surface area contributed by atoms with Crippen molar-refractivity contribution < 1.29 is 23.5 Å². The number of anilines is 1. The fourth-order valence-electron chi connectivity index (χ4n) is 4.28. The highest BCUT2D eigenvalue weighted by Crippen LogP contribution is 2.28. The van der Waals surface area contributed by atoms with Gasteiger partial charge in [-0.25, -0.2) is 19.3 Å². The van der Waals surface area contributed by atoms with E-state index in [1.54, 1.807) is 30.6 Å². The van der Waals surface area contributed by atoms with Crippen LogP contribution in [0.1, 0.15) is 29.4 Å². The molecule has 0 bridgehead atoms. The smallest absolute Gasteiger partial charge is 0.321 e. The van der Waals surface area contributed by atoms with E-state index in [0.717, 1.165) is 5.56 Å². The summed E-state index contributed by atoms with van der Waals surface area (Å²) in [6.45, 7) is 2.67. The van der Waals surface area contributed by atoms with Crippen LogP contribution >= 0.6 is 15.9 Å². The summed E-state index contributed by atoms with van der Waals surface area (Å²) < 4.78 is 21.9. The van der Waals surface area contributed by atoms with Gasteiger partial charge >= 0.3 is 6.01 Å². The molecule has 4 heterocycles. The molecule has 2 atom stereocenters. The van der Waals surface area contributed by atoms with Gasteiger partial charge in [0.15, 0.2) is 11.6 Å². The number of rotatable bonds is 7. The Labute approximate surface area is 229 Å². The molecule has 1 fully saturated rings. The van der Waals surface area contributed by atoms with E-state index in [9.17, 15) is 18.8 Å². The Morgan fingerprint density at radius 2 is 1.95 bits per heavy atom. The Hall–Kier alpha value is -4.33. The number of alkyl halides is 1. The van der Waals surface area contributed by atoms with Crippen molar-refractivity contribution in [2.45, 2.75) is 39.0 Å². The van der Waals surface area contributed by atoms with Gasteiger partial charge in [0, 0.05) is 31.1 Å². The maximum Gasteiger partial charge on any atom is 0.321 e. The van der Waals surface area contributed by atoms with Crippen LogP contribution in [0.2, 0.25) is 0 Å². The molecular weight excluding hydrogens is 575 g/mol. The lowest BCUT2D eigenvalue weighted by Crippen LogP contribution is -2.44. The van der Waals surface area contributed by atoms with Gasteiger partial charge in [-0.3, -0.25) is 24.0 Å². The number of hydrogen-bond donors (Lipinski definition) is 1. The van der Waals surface area contributed by atoms with Gasteiger partial charge in [0.25, 0.3) is 0 Å². The van der Waals surface area contributed by atoms with Gasteiger partial charge in [-0.15, -0.1) is 0 Å². The van der Waals surface area contributed by atoms with Crippen molar-refractivity contribution in [1.29, 1.82) is 0 Å². The maximum atomic E-state index is 14.4. The van der Waals surface area contributed by atoms with E-state index in [1.807, 2.05) is 6.92 Å². The van der Waals surface area contributed by atoms with Gasteiger partial charge < -0.3 is 15.0 Å². The number of Topliss-reactive ketones (excluding diaryl/α,β-unsaturated/α-hetero) is 1. The molecule has 4 aromatic rings. The molecule has 1 saturated heterocycles. The topological polar surface area (TPSA) is 145 Å². The van der Waals surface area contributed by atoms with E-state index in [2.05, 4.69) is 46.3 Å².